The van der Waals surface area contributed by atoms with E-state index in [-0.39, 0.29) is 0 Å². The molecule has 1 aliphatic rings. The molecule has 2 aromatic rings. The van der Waals surface area contributed by atoms with Gasteiger partial charge in [-0.3, -0.25) is 4.68 Å². The summed E-state index contributed by atoms with van der Waals surface area (Å²) in [5.74, 6) is 0. The van der Waals surface area contributed by atoms with Crippen LogP contribution in [0, 0.1) is 0 Å². The Kier molecular flexibility index (Phi) is 4.55. The first-order valence-electron chi connectivity index (χ1n) is 7.93. The molecule has 0 aliphatic carbocycles. The van der Waals surface area contributed by atoms with E-state index in [4.69, 9.17) is 0 Å². The van der Waals surface area contributed by atoms with E-state index in [2.05, 4.69) is 46.5 Å². The Hall–Kier alpha value is -1.81. The van der Waals surface area contributed by atoms with Gasteiger partial charge in [0, 0.05) is 37.2 Å². The molecule has 1 aliphatic heterocycles. The van der Waals surface area contributed by atoms with Gasteiger partial charge in [0.2, 0.25) is 0 Å². The Morgan fingerprint density at radius 3 is 2.95 bits per heavy atom. The first kappa shape index (κ1) is 14.1. The van der Waals surface area contributed by atoms with Crippen molar-refractivity contribution in [1.29, 1.82) is 0 Å². The normalized spacial score (nSPS) is 18.3. The van der Waals surface area contributed by atoms with E-state index in [1.807, 2.05) is 23.1 Å². The van der Waals surface area contributed by atoms with Crippen molar-refractivity contribution in [2.45, 2.75) is 32.4 Å². The number of aromatic nitrogens is 2. The number of hydrogen-bond donors (Lipinski definition) is 1. The molecule has 112 valence electrons. The van der Waals surface area contributed by atoms with Gasteiger partial charge in [0.15, 0.2) is 0 Å². The molecule has 1 aromatic heterocycles. The van der Waals surface area contributed by atoms with Gasteiger partial charge in [0.1, 0.15) is 0 Å². The van der Waals surface area contributed by atoms with Crippen molar-refractivity contribution in [3.05, 3.63) is 48.3 Å². The third kappa shape index (κ3) is 3.27. The Morgan fingerprint density at radius 1 is 1.24 bits per heavy atom. The number of anilines is 1. The van der Waals surface area contributed by atoms with E-state index < -0.39 is 0 Å². The van der Waals surface area contributed by atoms with E-state index in [1.165, 1.54) is 24.1 Å². The molecular formula is C17H24N4. The van der Waals surface area contributed by atoms with Crippen LogP contribution in [0.3, 0.4) is 0 Å². The lowest BCUT2D eigenvalue weighted by Gasteiger charge is -2.26. The molecule has 1 aromatic carbocycles. The molecule has 0 radical (unpaired) electrons. The fourth-order valence-corrected chi connectivity index (χ4v) is 3.18. The lowest BCUT2D eigenvalue weighted by molar-refractivity contribution is 0.509. The Balaban J connectivity index is 1.78. The zero-order valence-corrected chi connectivity index (χ0v) is 12.7. The molecule has 3 rings (SSSR count). The molecule has 1 unspecified atom stereocenters. The smallest absolute Gasteiger partial charge is 0.0584 e. The van der Waals surface area contributed by atoms with E-state index in [9.17, 15) is 0 Å². The van der Waals surface area contributed by atoms with Crippen molar-refractivity contribution in [3.63, 3.8) is 0 Å². The zero-order chi connectivity index (χ0) is 14.5. The molecule has 0 fully saturated rings. The van der Waals surface area contributed by atoms with Gasteiger partial charge in [-0.15, -0.1) is 0 Å². The predicted molar refractivity (Wildman–Crippen MR) is 86.5 cm³/mol. The van der Waals surface area contributed by atoms with Crippen LogP contribution in [0.25, 0.3) is 0 Å². The number of nitrogens with one attached hydrogen (secondary N) is 1. The summed E-state index contributed by atoms with van der Waals surface area (Å²) in [4.78, 5) is 2.51. The van der Waals surface area contributed by atoms with Gasteiger partial charge in [0.05, 0.1) is 6.54 Å². The van der Waals surface area contributed by atoms with Crippen LogP contribution in [-0.4, -0.2) is 29.4 Å². The fraction of sp³-hybridized carbons (Fsp3) is 0.471. The summed E-state index contributed by atoms with van der Waals surface area (Å²) in [5, 5.41) is 7.93. The van der Waals surface area contributed by atoms with E-state index in [0.29, 0.717) is 6.04 Å². The number of benzene rings is 1. The Bertz CT molecular complexity index is 550. The van der Waals surface area contributed by atoms with Gasteiger partial charge in [-0.05, 0) is 37.1 Å². The number of fused-ring (bicyclic) bond motifs is 1. The van der Waals surface area contributed by atoms with Crippen LogP contribution in [0.2, 0.25) is 0 Å². The van der Waals surface area contributed by atoms with Crippen LogP contribution >= 0.6 is 0 Å². The van der Waals surface area contributed by atoms with Gasteiger partial charge >= 0.3 is 0 Å². The minimum Gasteiger partial charge on any atom is -0.369 e. The maximum atomic E-state index is 4.30. The highest BCUT2D eigenvalue weighted by Crippen LogP contribution is 2.32. The highest BCUT2D eigenvalue weighted by atomic mass is 15.3. The Labute approximate surface area is 126 Å². The largest absolute Gasteiger partial charge is 0.369 e. The van der Waals surface area contributed by atoms with Crippen molar-refractivity contribution in [2.24, 2.45) is 0 Å². The standard InChI is InChI=1S/C17H24N4/c1-2-18-16-8-5-11-20(13-14-21-12-6-10-19-21)17-9-4-3-7-15(16)17/h3-4,6-7,9-10,12,16,18H,2,5,8,11,13-14H2,1H3. The number of nitrogens with zero attached hydrogens (tertiary/aromatic N) is 3. The molecule has 2 heterocycles. The van der Waals surface area contributed by atoms with Crippen LogP contribution in [0.4, 0.5) is 5.69 Å². The van der Waals surface area contributed by atoms with Crippen LogP contribution in [0.15, 0.2) is 42.7 Å². The van der Waals surface area contributed by atoms with Gasteiger partial charge in [-0.25, -0.2) is 0 Å². The summed E-state index contributed by atoms with van der Waals surface area (Å²) >= 11 is 0. The second-order valence-electron chi connectivity index (χ2n) is 5.57. The van der Waals surface area contributed by atoms with Crippen molar-refractivity contribution in [1.82, 2.24) is 15.1 Å². The first-order valence-corrected chi connectivity index (χ1v) is 7.93. The monoisotopic (exact) mass is 284 g/mol. The summed E-state index contributed by atoms with van der Waals surface area (Å²) in [7, 11) is 0. The lowest BCUT2D eigenvalue weighted by Crippen LogP contribution is -2.28. The van der Waals surface area contributed by atoms with Crippen molar-refractivity contribution >= 4 is 5.69 Å². The molecule has 0 bridgehead atoms. The molecule has 4 nitrogen and oxygen atoms in total. The van der Waals surface area contributed by atoms with Crippen molar-refractivity contribution in [3.8, 4) is 0 Å². The summed E-state index contributed by atoms with van der Waals surface area (Å²) in [6.07, 6.45) is 6.32. The maximum absolute atomic E-state index is 4.30. The van der Waals surface area contributed by atoms with E-state index in [0.717, 1.165) is 26.2 Å². The first-order chi connectivity index (χ1) is 10.4. The van der Waals surface area contributed by atoms with E-state index >= 15 is 0 Å². The Morgan fingerprint density at radius 2 is 2.14 bits per heavy atom. The van der Waals surface area contributed by atoms with E-state index in [1.54, 1.807) is 0 Å². The van der Waals surface area contributed by atoms with Crippen LogP contribution in [-0.2, 0) is 6.54 Å². The van der Waals surface area contributed by atoms with Gasteiger partial charge < -0.3 is 10.2 Å². The number of rotatable bonds is 5. The SMILES string of the molecule is CCNC1CCCN(CCn2cccn2)c2ccccc21. The number of para-hydroxylation sites is 1. The fourth-order valence-electron chi connectivity index (χ4n) is 3.18. The van der Waals surface area contributed by atoms with Crippen molar-refractivity contribution < 1.29 is 0 Å². The highest BCUT2D eigenvalue weighted by molar-refractivity contribution is 5.55. The zero-order valence-electron chi connectivity index (χ0n) is 12.7. The molecule has 21 heavy (non-hydrogen) atoms. The van der Waals surface area contributed by atoms with Gasteiger partial charge in [-0.1, -0.05) is 25.1 Å². The summed E-state index contributed by atoms with van der Waals surface area (Å²) in [5.41, 5.74) is 2.82. The molecule has 0 saturated heterocycles. The lowest BCUT2D eigenvalue weighted by atomic mass is 10.0. The third-order valence-corrected chi connectivity index (χ3v) is 4.18. The van der Waals surface area contributed by atoms with Gasteiger partial charge in [-0.2, -0.15) is 5.10 Å². The summed E-state index contributed by atoms with van der Waals surface area (Å²) in [6.45, 7) is 6.28. The highest BCUT2D eigenvalue weighted by Gasteiger charge is 2.21. The maximum Gasteiger partial charge on any atom is 0.0584 e. The summed E-state index contributed by atoms with van der Waals surface area (Å²) < 4.78 is 2.01. The van der Waals surface area contributed by atoms with Crippen LogP contribution < -0.4 is 10.2 Å². The summed E-state index contributed by atoms with van der Waals surface area (Å²) in [6, 6.07) is 11.3. The average molecular weight is 284 g/mol. The van der Waals surface area contributed by atoms with Crippen molar-refractivity contribution in [2.75, 3.05) is 24.5 Å². The molecule has 4 heteroatoms. The molecule has 0 spiro atoms. The average Bonchev–Trinajstić information content (AvgIpc) is 2.97. The predicted octanol–water partition coefficient (Wildman–Crippen LogP) is 2.83. The molecule has 0 amide bonds. The van der Waals surface area contributed by atoms with Gasteiger partial charge in [0.25, 0.3) is 0 Å². The second-order valence-corrected chi connectivity index (χ2v) is 5.57. The molecular weight excluding hydrogens is 260 g/mol. The quantitative estimate of drug-likeness (QED) is 0.916. The molecule has 1 atom stereocenters. The topological polar surface area (TPSA) is 33.1 Å². The minimum atomic E-state index is 0.487. The molecule has 1 N–H and O–H groups in total. The van der Waals surface area contributed by atoms with Crippen LogP contribution in [0.5, 0.6) is 0 Å². The number of hydrogen-bond acceptors (Lipinski definition) is 3. The third-order valence-electron chi connectivity index (χ3n) is 4.18. The minimum absolute atomic E-state index is 0.487. The second kappa shape index (κ2) is 6.76. The van der Waals surface area contributed by atoms with Crippen LogP contribution in [0.1, 0.15) is 31.4 Å². The molecule has 0 saturated carbocycles.